The second-order valence-electron chi connectivity index (χ2n) is 7.09. The molecule has 29 heavy (non-hydrogen) atoms. The molecule has 0 spiro atoms. The highest BCUT2D eigenvalue weighted by Gasteiger charge is 2.28. The number of methoxy groups -OCH3 is 1. The van der Waals surface area contributed by atoms with Gasteiger partial charge < -0.3 is 20.1 Å². The zero-order chi connectivity index (χ0) is 21.0. The van der Waals surface area contributed by atoms with Gasteiger partial charge in [-0.25, -0.2) is 4.79 Å². The van der Waals surface area contributed by atoms with E-state index < -0.39 is 5.97 Å². The Morgan fingerprint density at radius 3 is 2.76 bits per heavy atom. The molecule has 154 valence electrons. The van der Waals surface area contributed by atoms with Crippen LogP contribution in [0.3, 0.4) is 0 Å². The third-order valence-electron chi connectivity index (χ3n) is 4.68. The Bertz CT molecular complexity index is 937. The minimum atomic E-state index is -0.434. The van der Waals surface area contributed by atoms with E-state index in [1.54, 1.807) is 24.3 Å². The number of carbonyl (C=O) groups is 3. The second kappa shape index (κ2) is 9.09. The number of amides is 2. The van der Waals surface area contributed by atoms with Gasteiger partial charge in [-0.15, -0.1) is 11.3 Å². The molecule has 8 heteroatoms. The summed E-state index contributed by atoms with van der Waals surface area (Å²) in [5.74, 6) is 0.0162. The SMILES string of the molecule is COC(=O)c1c(NC(=O)COc2cccc(NC(C)=O)c2)sc2c1CC[C@@H](C)C2. The maximum absolute atomic E-state index is 12.4. The highest BCUT2D eigenvalue weighted by Crippen LogP contribution is 2.40. The van der Waals surface area contributed by atoms with Crippen LogP contribution in [0.25, 0.3) is 0 Å². The zero-order valence-electron chi connectivity index (χ0n) is 16.7. The fraction of sp³-hybridized carbons (Fsp3) is 0.381. The molecule has 2 amide bonds. The molecule has 0 unspecified atom stereocenters. The first-order valence-corrected chi connectivity index (χ1v) is 10.2. The molecule has 2 N–H and O–H groups in total. The van der Waals surface area contributed by atoms with Crippen LogP contribution in [0.1, 0.15) is 41.1 Å². The lowest BCUT2D eigenvalue weighted by atomic mass is 9.88. The minimum Gasteiger partial charge on any atom is -0.484 e. The number of nitrogens with one attached hydrogen (secondary N) is 2. The number of benzene rings is 1. The highest BCUT2D eigenvalue weighted by molar-refractivity contribution is 7.17. The summed E-state index contributed by atoms with van der Waals surface area (Å²) in [6.07, 6.45) is 2.71. The normalized spacial score (nSPS) is 15.2. The van der Waals surface area contributed by atoms with Crippen molar-refractivity contribution in [1.29, 1.82) is 0 Å². The summed E-state index contributed by atoms with van der Waals surface area (Å²) >= 11 is 1.43. The Labute approximate surface area is 173 Å². The lowest BCUT2D eigenvalue weighted by Crippen LogP contribution is -2.21. The number of esters is 1. The highest BCUT2D eigenvalue weighted by atomic mass is 32.1. The molecular formula is C21H24N2O5S. The first-order valence-electron chi connectivity index (χ1n) is 9.40. The smallest absolute Gasteiger partial charge is 0.341 e. The van der Waals surface area contributed by atoms with Crippen LogP contribution in [0.15, 0.2) is 24.3 Å². The third kappa shape index (κ3) is 5.14. The van der Waals surface area contributed by atoms with Crippen molar-refractivity contribution in [3.05, 3.63) is 40.3 Å². The molecule has 3 rings (SSSR count). The van der Waals surface area contributed by atoms with Crippen molar-refractivity contribution in [2.24, 2.45) is 5.92 Å². The predicted molar refractivity (Wildman–Crippen MR) is 112 cm³/mol. The van der Waals surface area contributed by atoms with Gasteiger partial charge in [0.2, 0.25) is 5.91 Å². The summed E-state index contributed by atoms with van der Waals surface area (Å²) < 4.78 is 10.5. The van der Waals surface area contributed by atoms with Gasteiger partial charge in [-0.3, -0.25) is 9.59 Å². The number of rotatable bonds is 6. The lowest BCUT2D eigenvalue weighted by Gasteiger charge is -2.18. The van der Waals surface area contributed by atoms with Gasteiger partial charge in [0, 0.05) is 23.6 Å². The summed E-state index contributed by atoms with van der Waals surface area (Å²) in [6, 6.07) is 6.79. The molecule has 1 aromatic heterocycles. The molecule has 1 aromatic carbocycles. The lowest BCUT2D eigenvalue weighted by molar-refractivity contribution is -0.118. The van der Waals surface area contributed by atoms with Crippen molar-refractivity contribution in [2.75, 3.05) is 24.4 Å². The molecule has 0 bridgehead atoms. The predicted octanol–water partition coefficient (Wildman–Crippen LogP) is 3.64. The topological polar surface area (TPSA) is 93.7 Å². The molecule has 2 aromatic rings. The molecule has 0 saturated carbocycles. The van der Waals surface area contributed by atoms with Gasteiger partial charge in [0.15, 0.2) is 6.61 Å². The number of carbonyl (C=O) groups excluding carboxylic acids is 3. The Kier molecular flexibility index (Phi) is 6.53. The van der Waals surface area contributed by atoms with E-state index in [2.05, 4.69) is 17.6 Å². The van der Waals surface area contributed by atoms with Crippen LogP contribution in [0.4, 0.5) is 10.7 Å². The van der Waals surface area contributed by atoms with Crippen LogP contribution in [0, 0.1) is 5.92 Å². The van der Waals surface area contributed by atoms with Gasteiger partial charge in [-0.2, -0.15) is 0 Å². The van der Waals surface area contributed by atoms with Crippen LogP contribution >= 0.6 is 11.3 Å². The van der Waals surface area contributed by atoms with Gasteiger partial charge >= 0.3 is 5.97 Å². The molecule has 7 nitrogen and oxygen atoms in total. The van der Waals surface area contributed by atoms with Crippen LogP contribution in [-0.4, -0.2) is 31.5 Å². The van der Waals surface area contributed by atoms with Crippen molar-refractivity contribution in [1.82, 2.24) is 0 Å². The first kappa shape index (κ1) is 20.9. The summed E-state index contributed by atoms with van der Waals surface area (Å²) in [5, 5.41) is 5.97. The number of thiophene rings is 1. The van der Waals surface area contributed by atoms with Gasteiger partial charge in [0.1, 0.15) is 10.8 Å². The summed E-state index contributed by atoms with van der Waals surface area (Å²) in [5.41, 5.74) is 2.03. The number of hydrogen-bond acceptors (Lipinski definition) is 6. The first-order chi connectivity index (χ1) is 13.9. The van der Waals surface area contributed by atoms with E-state index in [4.69, 9.17) is 9.47 Å². The van der Waals surface area contributed by atoms with E-state index in [1.807, 2.05) is 0 Å². The largest absolute Gasteiger partial charge is 0.484 e. The summed E-state index contributed by atoms with van der Waals surface area (Å²) in [7, 11) is 1.34. The van der Waals surface area contributed by atoms with Gasteiger partial charge in [-0.05, 0) is 42.9 Å². The third-order valence-corrected chi connectivity index (χ3v) is 5.85. The van der Waals surface area contributed by atoms with E-state index in [0.717, 1.165) is 29.7 Å². The van der Waals surface area contributed by atoms with Crippen molar-refractivity contribution in [3.8, 4) is 5.75 Å². The quantitative estimate of drug-likeness (QED) is 0.702. The van der Waals surface area contributed by atoms with Crippen LogP contribution in [0.2, 0.25) is 0 Å². The van der Waals surface area contributed by atoms with Crippen molar-refractivity contribution >= 4 is 39.8 Å². The van der Waals surface area contributed by atoms with E-state index >= 15 is 0 Å². The molecule has 1 heterocycles. The average Bonchev–Trinajstić information content (AvgIpc) is 3.02. The van der Waals surface area contributed by atoms with E-state index in [-0.39, 0.29) is 18.4 Å². The molecule has 0 aliphatic heterocycles. The Hall–Kier alpha value is -2.87. The summed E-state index contributed by atoms with van der Waals surface area (Å²) in [6.45, 7) is 3.38. The number of hydrogen-bond donors (Lipinski definition) is 2. The van der Waals surface area contributed by atoms with Crippen LogP contribution in [-0.2, 0) is 27.2 Å². The molecule has 0 fully saturated rings. The zero-order valence-corrected chi connectivity index (χ0v) is 17.5. The second-order valence-corrected chi connectivity index (χ2v) is 8.20. The fourth-order valence-corrected chi connectivity index (χ4v) is 4.75. The monoisotopic (exact) mass is 416 g/mol. The average molecular weight is 416 g/mol. The number of ether oxygens (including phenoxy) is 2. The standard InChI is InChI=1S/C21H24N2O5S/c1-12-7-8-16-17(9-12)29-20(19(16)21(26)27-3)23-18(25)11-28-15-6-4-5-14(10-15)22-13(2)24/h4-6,10,12H,7-9,11H2,1-3H3,(H,22,24)(H,23,25)/t12-/m1/s1. The van der Waals surface area contributed by atoms with Crippen LogP contribution in [0.5, 0.6) is 5.75 Å². The molecule has 1 aliphatic rings. The Morgan fingerprint density at radius 1 is 1.24 bits per heavy atom. The molecule has 0 saturated heterocycles. The van der Waals surface area contributed by atoms with Gasteiger partial charge in [0.25, 0.3) is 5.91 Å². The molecule has 1 atom stereocenters. The van der Waals surface area contributed by atoms with E-state index in [0.29, 0.717) is 27.9 Å². The number of anilines is 2. The van der Waals surface area contributed by atoms with Gasteiger partial charge in [0.05, 0.1) is 12.7 Å². The Balaban J connectivity index is 1.69. The maximum atomic E-state index is 12.4. The summed E-state index contributed by atoms with van der Waals surface area (Å²) in [4.78, 5) is 37.0. The Morgan fingerprint density at radius 2 is 2.03 bits per heavy atom. The van der Waals surface area contributed by atoms with E-state index in [1.165, 1.54) is 25.4 Å². The molecule has 1 aliphatic carbocycles. The van der Waals surface area contributed by atoms with Crippen molar-refractivity contribution in [3.63, 3.8) is 0 Å². The van der Waals surface area contributed by atoms with Crippen molar-refractivity contribution in [2.45, 2.75) is 33.1 Å². The molecular weight excluding hydrogens is 392 g/mol. The maximum Gasteiger partial charge on any atom is 0.341 e. The molecule has 0 radical (unpaired) electrons. The van der Waals surface area contributed by atoms with E-state index in [9.17, 15) is 14.4 Å². The minimum absolute atomic E-state index is 0.189. The fourth-order valence-electron chi connectivity index (χ4n) is 3.34. The van der Waals surface area contributed by atoms with Crippen LogP contribution < -0.4 is 15.4 Å². The van der Waals surface area contributed by atoms with Gasteiger partial charge in [-0.1, -0.05) is 13.0 Å². The van der Waals surface area contributed by atoms with Crippen molar-refractivity contribution < 1.29 is 23.9 Å². The number of fused-ring (bicyclic) bond motifs is 1.